The Morgan fingerprint density at radius 2 is 2.18 bits per heavy atom. The number of hydrogen-bond donors (Lipinski definition) is 2. The second-order valence-electron chi connectivity index (χ2n) is 5.60. The largest absolute Gasteiger partial charge is 0.493 e. The molecule has 1 aliphatic rings. The lowest BCUT2D eigenvalue weighted by molar-refractivity contribution is 0.356. The quantitative estimate of drug-likeness (QED) is 0.839. The molecule has 1 atom stereocenters. The van der Waals surface area contributed by atoms with E-state index >= 15 is 0 Å². The van der Waals surface area contributed by atoms with Gasteiger partial charge >= 0.3 is 0 Å². The second kappa shape index (κ2) is 4.67. The third-order valence-corrected chi connectivity index (χ3v) is 3.24. The minimum absolute atomic E-state index is 0.0729. The van der Waals surface area contributed by atoms with Crippen molar-refractivity contribution in [3.8, 4) is 5.75 Å². The fourth-order valence-corrected chi connectivity index (χ4v) is 2.13. The maximum atomic E-state index is 6.20. The van der Waals surface area contributed by atoms with E-state index in [2.05, 4.69) is 12.1 Å². The first kappa shape index (κ1) is 12.4. The summed E-state index contributed by atoms with van der Waals surface area (Å²) in [5.74, 6) is 1.01. The normalized spacial score (nSPS) is 16.5. The number of fused-ring (bicyclic) bond motifs is 1. The van der Waals surface area contributed by atoms with Crippen LogP contribution >= 0.6 is 0 Å². The Balaban J connectivity index is 2.02. The van der Waals surface area contributed by atoms with E-state index in [-0.39, 0.29) is 11.6 Å². The molecule has 0 fully saturated rings. The Kier molecular flexibility index (Phi) is 3.40. The van der Waals surface area contributed by atoms with Gasteiger partial charge in [0.1, 0.15) is 5.75 Å². The third-order valence-electron chi connectivity index (χ3n) is 3.24. The van der Waals surface area contributed by atoms with Crippen LogP contribution in [0.25, 0.3) is 0 Å². The van der Waals surface area contributed by atoms with Crippen LogP contribution in [0.4, 0.5) is 0 Å². The summed E-state index contributed by atoms with van der Waals surface area (Å²) in [5, 5.41) is 0. The van der Waals surface area contributed by atoms with Gasteiger partial charge in [0, 0.05) is 18.0 Å². The highest BCUT2D eigenvalue weighted by Crippen LogP contribution is 2.29. The van der Waals surface area contributed by atoms with Gasteiger partial charge in [-0.25, -0.2) is 0 Å². The molecule has 94 valence electrons. The SMILES string of the molecule is CC(C)(N)CCC(N)c1ccc2c(c1)CCO2. The summed E-state index contributed by atoms with van der Waals surface area (Å²) in [6, 6.07) is 6.35. The molecule has 0 aliphatic carbocycles. The zero-order valence-electron chi connectivity index (χ0n) is 10.7. The van der Waals surface area contributed by atoms with Gasteiger partial charge in [0.2, 0.25) is 0 Å². The summed E-state index contributed by atoms with van der Waals surface area (Å²) in [6.45, 7) is 4.87. The Bertz CT molecular complexity index is 396. The highest BCUT2D eigenvalue weighted by molar-refractivity contribution is 5.40. The Morgan fingerprint density at radius 3 is 2.88 bits per heavy atom. The first-order valence-electron chi connectivity index (χ1n) is 6.26. The van der Waals surface area contributed by atoms with Crippen molar-refractivity contribution in [3.05, 3.63) is 29.3 Å². The molecule has 17 heavy (non-hydrogen) atoms. The van der Waals surface area contributed by atoms with Crippen molar-refractivity contribution in [2.24, 2.45) is 11.5 Å². The molecule has 0 aromatic heterocycles. The first-order valence-corrected chi connectivity index (χ1v) is 6.26. The summed E-state index contributed by atoms with van der Waals surface area (Å²) in [7, 11) is 0. The average Bonchev–Trinajstić information content (AvgIpc) is 2.71. The van der Waals surface area contributed by atoms with Crippen LogP contribution in [-0.4, -0.2) is 12.1 Å². The van der Waals surface area contributed by atoms with E-state index in [1.807, 2.05) is 19.9 Å². The lowest BCUT2D eigenvalue weighted by Gasteiger charge is -2.21. The summed E-state index contributed by atoms with van der Waals surface area (Å²) in [5.41, 5.74) is 14.5. The van der Waals surface area contributed by atoms with Crippen molar-refractivity contribution in [1.82, 2.24) is 0 Å². The monoisotopic (exact) mass is 234 g/mol. The van der Waals surface area contributed by atoms with E-state index in [1.165, 1.54) is 11.1 Å². The predicted octanol–water partition coefficient (Wildman–Crippen LogP) is 2.14. The minimum atomic E-state index is -0.141. The lowest BCUT2D eigenvalue weighted by atomic mass is 9.93. The Morgan fingerprint density at radius 1 is 1.41 bits per heavy atom. The molecule has 1 aromatic rings. The highest BCUT2D eigenvalue weighted by atomic mass is 16.5. The van der Waals surface area contributed by atoms with Crippen LogP contribution in [0, 0.1) is 0 Å². The summed E-state index contributed by atoms with van der Waals surface area (Å²) in [6.07, 6.45) is 2.85. The van der Waals surface area contributed by atoms with Crippen LogP contribution in [0.15, 0.2) is 18.2 Å². The van der Waals surface area contributed by atoms with Crippen molar-refractivity contribution >= 4 is 0 Å². The fraction of sp³-hybridized carbons (Fsp3) is 0.571. The zero-order chi connectivity index (χ0) is 12.5. The number of benzene rings is 1. The Labute approximate surface area is 103 Å². The van der Waals surface area contributed by atoms with Crippen molar-refractivity contribution in [2.75, 3.05) is 6.61 Å². The van der Waals surface area contributed by atoms with Crippen molar-refractivity contribution < 1.29 is 4.74 Å². The van der Waals surface area contributed by atoms with E-state index in [4.69, 9.17) is 16.2 Å². The molecule has 2 rings (SSSR count). The molecule has 0 saturated carbocycles. The lowest BCUT2D eigenvalue weighted by Crippen LogP contribution is -2.32. The second-order valence-corrected chi connectivity index (χ2v) is 5.60. The molecule has 0 spiro atoms. The molecule has 0 amide bonds. The number of ether oxygens (including phenoxy) is 1. The molecule has 1 aliphatic heterocycles. The standard InChI is InChI=1S/C14H22N2O/c1-14(2,16)7-5-12(15)10-3-4-13-11(9-10)6-8-17-13/h3-4,9,12H,5-8,15-16H2,1-2H3. The van der Waals surface area contributed by atoms with Gasteiger partial charge < -0.3 is 16.2 Å². The van der Waals surface area contributed by atoms with Crippen LogP contribution in [-0.2, 0) is 6.42 Å². The Hall–Kier alpha value is -1.06. The third kappa shape index (κ3) is 3.20. The van der Waals surface area contributed by atoms with Gasteiger partial charge in [0.05, 0.1) is 6.61 Å². The summed E-state index contributed by atoms with van der Waals surface area (Å²) >= 11 is 0. The molecule has 3 nitrogen and oxygen atoms in total. The van der Waals surface area contributed by atoms with Gasteiger partial charge in [-0.1, -0.05) is 12.1 Å². The molecular formula is C14H22N2O. The van der Waals surface area contributed by atoms with Crippen molar-refractivity contribution in [3.63, 3.8) is 0 Å². The van der Waals surface area contributed by atoms with Gasteiger partial charge in [-0.3, -0.25) is 0 Å². The van der Waals surface area contributed by atoms with Crippen molar-refractivity contribution in [2.45, 2.75) is 44.7 Å². The van der Waals surface area contributed by atoms with Crippen LogP contribution in [0.3, 0.4) is 0 Å². The van der Waals surface area contributed by atoms with E-state index in [0.717, 1.165) is 31.6 Å². The predicted molar refractivity (Wildman–Crippen MR) is 70.1 cm³/mol. The molecule has 4 N–H and O–H groups in total. The van der Waals surface area contributed by atoms with Gasteiger partial charge in [-0.2, -0.15) is 0 Å². The first-order chi connectivity index (χ1) is 7.96. The van der Waals surface area contributed by atoms with E-state index < -0.39 is 0 Å². The summed E-state index contributed by atoms with van der Waals surface area (Å²) < 4.78 is 5.49. The van der Waals surface area contributed by atoms with Gasteiger partial charge in [0.25, 0.3) is 0 Å². The van der Waals surface area contributed by atoms with Crippen LogP contribution in [0.5, 0.6) is 5.75 Å². The molecule has 1 aromatic carbocycles. The molecule has 0 bridgehead atoms. The van der Waals surface area contributed by atoms with Crippen LogP contribution < -0.4 is 16.2 Å². The van der Waals surface area contributed by atoms with Gasteiger partial charge in [-0.15, -0.1) is 0 Å². The van der Waals surface area contributed by atoms with E-state index in [0.29, 0.717) is 0 Å². The molecular weight excluding hydrogens is 212 g/mol. The van der Waals surface area contributed by atoms with Crippen molar-refractivity contribution in [1.29, 1.82) is 0 Å². The number of hydrogen-bond acceptors (Lipinski definition) is 3. The van der Waals surface area contributed by atoms with Crippen LogP contribution in [0.1, 0.15) is 43.9 Å². The molecule has 1 unspecified atom stereocenters. The molecule has 1 heterocycles. The van der Waals surface area contributed by atoms with E-state index in [9.17, 15) is 0 Å². The highest BCUT2D eigenvalue weighted by Gasteiger charge is 2.17. The maximum absolute atomic E-state index is 6.20. The molecule has 0 radical (unpaired) electrons. The smallest absolute Gasteiger partial charge is 0.122 e. The van der Waals surface area contributed by atoms with Gasteiger partial charge in [0.15, 0.2) is 0 Å². The van der Waals surface area contributed by atoms with Crippen LogP contribution in [0.2, 0.25) is 0 Å². The molecule has 0 saturated heterocycles. The van der Waals surface area contributed by atoms with Gasteiger partial charge in [-0.05, 0) is 43.9 Å². The van der Waals surface area contributed by atoms with E-state index in [1.54, 1.807) is 0 Å². The topological polar surface area (TPSA) is 61.3 Å². The average molecular weight is 234 g/mol. The number of rotatable bonds is 4. The number of nitrogens with two attached hydrogens (primary N) is 2. The minimum Gasteiger partial charge on any atom is -0.493 e. The fourth-order valence-electron chi connectivity index (χ4n) is 2.13. The summed E-state index contributed by atoms with van der Waals surface area (Å²) in [4.78, 5) is 0. The zero-order valence-corrected chi connectivity index (χ0v) is 10.7. The molecule has 3 heteroatoms. The maximum Gasteiger partial charge on any atom is 0.122 e.